The van der Waals surface area contributed by atoms with Crippen LogP contribution in [0.2, 0.25) is 0 Å². The highest BCUT2D eigenvalue weighted by Crippen LogP contribution is 2.43. The lowest BCUT2D eigenvalue weighted by molar-refractivity contribution is 0.0932. The van der Waals surface area contributed by atoms with Crippen molar-refractivity contribution in [1.29, 1.82) is 0 Å². The van der Waals surface area contributed by atoms with Crippen molar-refractivity contribution < 1.29 is 14.3 Å². The van der Waals surface area contributed by atoms with Gasteiger partial charge >= 0.3 is 0 Å². The number of ketones is 1. The van der Waals surface area contributed by atoms with Gasteiger partial charge in [0.1, 0.15) is 18.2 Å². The van der Waals surface area contributed by atoms with Gasteiger partial charge in [-0.1, -0.05) is 58.4 Å². The third-order valence-electron chi connectivity index (χ3n) is 5.93. The lowest BCUT2D eigenvalue weighted by atomic mass is 10.00. The second-order valence-electron chi connectivity index (χ2n) is 8.28. The Balaban J connectivity index is 1.32. The summed E-state index contributed by atoms with van der Waals surface area (Å²) in [6, 6.07) is 20.3. The fourth-order valence-corrected chi connectivity index (χ4v) is 4.76. The summed E-state index contributed by atoms with van der Waals surface area (Å²) in [6.07, 6.45) is 3.90. The number of aryl methyl sites for hydroxylation is 1. The van der Waals surface area contributed by atoms with E-state index in [2.05, 4.69) is 45.1 Å². The summed E-state index contributed by atoms with van der Waals surface area (Å²) in [5, 5.41) is 0. The van der Waals surface area contributed by atoms with Crippen LogP contribution in [-0.4, -0.2) is 24.0 Å². The molecule has 0 fully saturated rings. The lowest BCUT2D eigenvalue weighted by Gasteiger charge is -2.30. The van der Waals surface area contributed by atoms with Gasteiger partial charge in [-0.2, -0.15) is 0 Å². The summed E-state index contributed by atoms with van der Waals surface area (Å²) in [6.45, 7) is 4.24. The fourth-order valence-electron chi connectivity index (χ4n) is 4.34. The first kappa shape index (κ1) is 21.0. The van der Waals surface area contributed by atoms with E-state index in [1.165, 1.54) is 5.56 Å². The van der Waals surface area contributed by atoms with Gasteiger partial charge in [-0.3, -0.25) is 9.69 Å². The van der Waals surface area contributed by atoms with E-state index >= 15 is 0 Å². The molecule has 3 aromatic carbocycles. The zero-order valence-corrected chi connectivity index (χ0v) is 19.5. The van der Waals surface area contributed by atoms with Crippen LogP contribution >= 0.6 is 15.9 Å². The lowest BCUT2D eigenvalue weighted by Crippen LogP contribution is -2.33. The van der Waals surface area contributed by atoms with Gasteiger partial charge in [0.25, 0.3) is 0 Å². The Kier molecular flexibility index (Phi) is 5.85. The highest BCUT2D eigenvalue weighted by Gasteiger charge is 2.33. The van der Waals surface area contributed by atoms with E-state index in [0.717, 1.165) is 52.8 Å². The Hall–Kier alpha value is -2.89. The van der Waals surface area contributed by atoms with Crippen molar-refractivity contribution in [2.45, 2.75) is 26.3 Å². The molecule has 0 spiro atoms. The number of carbonyl (C=O) groups is 1. The van der Waals surface area contributed by atoms with Crippen molar-refractivity contribution in [3.05, 3.63) is 98.7 Å². The van der Waals surface area contributed by atoms with Gasteiger partial charge in [0.05, 0.1) is 5.56 Å². The normalized spacial score (nSPS) is 16.4. The standard InChI is InChI=1S/C27H24BrNO3/c1-18-26-21(16-29(17-31-26)12-6-10-19-7-3-2-4-8-19)15-23-25(30)24(32-27(18)23)14-20-9-5-11-22(28)13-20/h2-5,7-9,11,13-15H,6,10,12,16-17H2,1H3/b24-14-. The number of halogens is 1. The second-order valence-corrected chi connectivity index (χ2v) is 9.19. The Labute approximate surface area is 196 Å². The molecule has 162 valence electrons. The van der Waals surface area contributed by atoms with Crippen LogP contribution in [0.15, 0.2) is 70.9 Å². The van der Waals surface area contributed by atoms with Gasteiger partial charge in [-0.15, -0.1) is 0 Å². The second kappa shape index (κ2) is 8.93. The summed E-state index contributed by atoms with van der Waals surface area (Å²) in [5.74, 6) is 1.74. The summed E-state index contributed by atoms with van der Waals surface area (Å²) >= 11 is 3.47. The quantitative estimate of drug-likeness (QED) is 0.402. The maximum Gasteiger partial charge on any atom is 0.231 e. The highest BCUT2D eigenvalue weighted by atomic mass is 79.9. The van der Waals surface area contributed by atoms with Crippen molar-refractivity contribution in [3.8, 4) is 11.5 Å². The van der Waals surface area contributed by atoms with Gasteiger partial charge < -0.3 is 9.47 Å². The van der Waals surface area contributed by atoms with Gasteiger partial charge in [0.15, 0.2) is 5.76 Å². The minimum Gasteiger partial charge on any atom is -0.477 e. The number of benzene rings is 3. The number of carbonyl (C=O) groups excluding carboxylic acids is 1. The minimum absolute atomic E-state index is 0.0768. The molecule has 0 amide bonds. The van der Waals surface area contributed by atoms with E-state index in [1.54, 1.807) is 6.08 Å². The molecule has 0 radical (unpaired) electrons. The number of rotatable bonds is 5. The molecule has 0 unspecified atom stereocenters. The zero-order valence-electron chi connectivity index (χ0n) is 17.9. The molecule has 0 saturated heterocycles. The van der Waals surface area contributed by atoms with Crippen molar-refractivity contribution in [3.63, 3.8) is 0 Å². The van der Waals surface area contributed by atoms with E-state index in [-0.39, 0.29) is 5.78 Å². The molecule has 0 saturated carbocycles. The average Bonchev–Trinajstić information content (AvgIpc) is 3.10. The molecule has 4 nitrogen and oxygen atoms in total. The van der Waals surface area contributed by atoms with Gasteiger partial charge in [0.2, 0.25) is 5.78 Å². The van der Waals surface area contributed by atoms with E-state index < -0.39 is 0 Å². The Morgan fingerprint density at radius 2 is 1.91 bits per heavy atom. The van der Waals surface area contributed by atoms with E-state index in [1.807, 2.05) is 43.3 Å². The van der Waals surface area contributed by atoms with Crippen LogP contribution in [0, 0.1) is 6.92 Å². The third kappa shape index (κ3) is 4.23. The average molecular weight is 490 g/mol. The van der Waals surface area contributed by atoms with Crippen molar-refractivity contribution in [2.75, 3.05) is 13.3 Å². The largest absolute Gasteiger partial charge is 0.477 e. The minimum atomic E-state index is -0.0768. The molecule has 0 aromatic heterocycles. The molecule has 5 heteroatoms. The topological polar surface area (TPSA) is 38.8 Å². The molecule has 0 bridgehead atoms. The number of hydrogen-bond donors (Lipinski definition) is 0. The number of nitrogens with zero attached hydrogens (tertiary/aromatic N) is 1. The number of fused-ring (bicyclic) bond motifs is 2. The predicted molar refractivity (Wildman–Crippen MR) is 129 cm³/mol. The van der Waals surface area contributed by atoms with Crippen LogP contribution in [0.25, 0.3) is 6.08 Å². The van der Waals surface area contributed by atoms with Gasteiger partial charge in [0, 0.05) is 28.7 Å². The van der Waals surface area contributed by atoms with Crippen LogP contribution in [0.5, 0.6) is 11.5 Å². The first-order chi connectivity index (χ1) is 15.6. The Morgan fingerprint density at radius 3 is 2.72 bits per heavy atom. The predicted octanol–water partition coefficient (Wildman–Crippen LogP) is 6.16. The Bertz CT molecular complexity index is 1200. The third-order valence-corrected chi connectivity index (χ3v) is 6.42. The molecule has 5 rings (SSSR count). The van der Waals surface area contributed by atoms with Crippen LogP contribution in [0.4, 0.5) is 0 Å². The molecule has 2 heterocycles. The van der Waals surface area contributed by atoms with E-state index in [4.69, 9.17) is 9.47 Å². The van der Waals surface area contributed by atoms with E-state index in [0.29, 0.717) is 23.8 Å². The molecule has 2 aliphatic heterocycles. The van der Waals surface area contributed by atoms with Crippen LogP contribution in [-0.2, 0) is 13.0 Å². The van der Waals surface area contributed by atoms with Crippen molar-refractivity contribution in [2.24, 2.45) is 0 Å². The molecule has 32 heavy (non-hydrogen) atoms. The fraction of sp³-hybridized carbons (Fsp3) is 0.222. The van der Waals surface area contributed by atoms with Crippen LogP contribution in [0.3, 0.4) is 0 Å². The maximum absolute atomic E-state index is 13.1. The van der Waals surface area contributed by atoms with Gasteiger partial charge in [-0.05, 0) is 55.2 Å². The molecular weight excluding hydrogens is 466 g/mol. The van der Waals surface area contributed by atoms with Crippen LogP contribution < -0.4 is 9.47 Å². The first-order valence-corrected chi connectivity index (χ1v) is 11.6. The number of hydrogen-bond acceptors (Lipinski definition) is 4. The summed E-state index contributed by atoms with van der Waals surface area (Å²) < 4.78 is 13.1. The van der Waals surface area contributed by atoms with Crippen molar-refractivity contribution in [1.82, 2.24) is 4.90 Å². The first-order valence-electron chi connectivity index (χ1n) is 10.8. The zero-order chi connectivity index (χ0) is 22.1. The highest BCUT2D eigenvalue weighted by molar-refractivity contribution is 9.10. The Morgan fingerprint density at radius 1 is 1.06 bits per heavy atom. The molecule has 0 atom stereocenters. The summed E-state index contributed by atoms with van der Waals surface area (Å²) in [4.78, 5) is 15.4. The summed E-state index contributed by atoms with van der Waals surface area (Å²) in [5.41, 5.74) is 4.84. The molecule has 3 aromatic rings. The van der Waals surface area contributed by atoms with Gasteiger partial charge in [-0.25, -0.2) is 0 Å². The van der Waals surface area contributed by atoms with E-state index in [9.17, 15) is 4.79 Å². The van der Waals surface area contributed by atoms with Crippen molar-refractivity contribution >= 4 is 27.8 Å². The number of allylic oxidation sites excluding steroid dienone is 1. The molecular formula is C27H24BrNO3. The monoisotopic (exact) mass is 489 g/mol. The summed E-state index contributed by atoms with van der Waals surface area (Å²) in [7, 11) is 0. The smallest absolute Gasteiger partial charge is 0.231 e. The molecule has 0 aliphatic carbocycles. The van der Waals surface area contributed by atoms with Crippen LogP contribution in [0.1, 0.15) is 39.0 Å². The maximum atomic E-state index is 13.1. The SMILES string of the molecule is Cc1c2c(cc3c1O/C(=C\c1cccc(Br)c1)C3=O)CN(CCCc1ccccc1)CO2. The molecule has 0 N–H and O–H groups in total. The molecule has 2 aliphatic rings. The number of Topliss-reactive ketones (excluding diaryl/α,β-unsaturated/α-hetero) is 1. The number of ether oxygens (including phenoxy) is 2.